The monoisotopic (exact) mass is 310 g/mol. The van der Waals surface area contributed by atoms with E-state index in [2.05, 4.69) is 5.10 Å². The first-order chi connectivity index (χ1) is 11.0. The molecule has 0 radical (unpaired) electrons. The molecule has 5 heteroatoms. The fourth-order valence-electron chi connectivity index (χ4n) is 2.30. The zero-order chi connectivity index (χ0) is 16.4. The van der Waals surface area contributed by atoms with E-state index in [1.807, 2.05) is 36.4 Å². The van der Waals surface area contributed by atoms with E-state index in [1.165, 1.54) is 17.8 Å². The summed E-state index contributed by atoms with van der Waals surface area (Å²) in [5.41, 5.74) is 3.41. The van der Waals surface area contributed by atoms with Crippen LogP contribution in [0.2, 0.25) is 0 Å². The Hall–Kier alpha value is -2.95. The van der Waals surface area contributed by atoms with Crippen LogP contribution in [0.25, 0.3) is 22.5 Å². The Morgan fingerprint density at radius 3 is 2.48 bits per heavy atom. The van der Waals surface area contributed by atoms with Crippen LogP contribution in [0.1, 0.15) is 12.5 Å². The fraction of sp³-hybridized carbons (Fsp3) is 0.111. The maximum absolute atomic E-state index is 13.4. The summed E-state index contributed by atoms with van der Waals surface area (Å²) in [6, 6.07) is 16.1. The number of carbonyl (C=O) groups excluding carboxylic acids is 1. The Kier molecular flexibility index (Phi) is 3.93. The van der Waals surface area contributed by atoms with Crippen molar-refractivity contribution in [1.29, 1.82) is 0 Å². The first-order valence-corrected chi connectivity index (χ1v) is 7.15. The molecule has 2 aromatic carbocycles. The molecule has 116 valence electrons. The third-order valence-corrected chi connectivity index (χ3v) is 3.42. The zero-order valence-corrected chi connectivity index (χ0v) is 12.8. The molecule has 0 aliphatic carbocycles. The van der Waals surface area contributed by atoms with Gasteiger partial charge < -0.3 is 4.84 Å². The van der Waals surface area contributed by atoms with Crippen LogP contribution in [0, 0.1) is 12.7 Å². The summed E-state index contributed by atoms with van der Waals surface area (Å²) in [4.78, 5) is 17.7. The predicted octanol–water partition coefficient (Wildman–Crippen LogP) is 3.64. The number of carbonyl (C=O) groups is 1. The maximum Gasteiger partial charge on any atom is 0.331 e. The van der Waals surface area contributed by atoms with E-state index in [1.54, 1.807) is 19.1 Å². The van der Waals surface area contributed by atoms with Gasteiger partial charge in [0, 0.05) is 18.1 Å². The number of aromatic nitrogens is 2. The van der Waals surface area contributed by atoms with Crippen LogP contribution < -0.4 is 4.84 Å². The molecule has 0 fully saturated rings. The Bertz CT molecular complexity index is 857. The van der Waals surface area contributed by atoms with Crippen LogP contribution in [-0.2, 0) is 4.79 Å². The molecule has 0 aliphatic heterocycles. The number of hydrogen-bond donors (Lipinski definition) is 0. The van der Waals surface area contributed by atoms with Crippen molar-refractivity contribution in [2.45, 2.75) is 13.8 Å². The van der Waals surface area contributed by atoms with Crippen LogP contribution in [0.3, 0.4) is 0 Å². The molecular weight excluding hydrogens is 295 g/mol. The van der Waals surface area contributed by atoms with Crippen LogP contribution in [0.4, 0.5) is 4.39 Å². The second kappa shape index (κ2) is 6.04. The van der Waals surface area contributed by atoms with E-state index in [4.69, 9.17) is 4.84 Å². The van der Waals surface area contributed by atoms with Crippen LogP contribution in [0.5, 0.6) is 0 Å². The van der Waals surface area contributed by atoms with Crippen molar-refractivity contribution in [3.05, 3.63) is 66.0 Å². The molecule has 1 heterocycles. The Morgan fingerprint density at radius 1 is 1.09 bits per heavy atom. The van der Waals surface area contributed by atoms with Gasteiger partial charge >= 0.3 is 5.97 Å². The summed E-state index contributed by atoms with van der Waals surface area (Å²) in [6.45, 7) is 3.01. The summed E-state index contributed by atoms with van der Waals surface area (Å²) in [7, 11) is 0. The summed E-state index contributed by atoms with van der Waals surface area (Å²) in [6.07, 6.45) is 0. The molecule has 3 rings (SSSR count). The van der Waals surface area contributed by atoms with Gasteiger partial charge in [-0.25, -0.2) is 9.18 Å². The molecule has 0 bridgehead atoms. The maximum atomic E-state index is 13.4. The van der Waals surface area contributed by atoms with Gasteiger partial charge in [0.15, 0.2) is 0 Å². The molecule has 0 spiro atoms. The van der Waals surface area contributed by atoms with E-state index in [-0.39, 0.29) is 5.82 Å². The standard InChI is InChI=1S/C18H15FN2O2/c1-12-10-15(8-9-16(12)19)17-11-18(14-6-4-3-5-7-14)21(20-17)23-13(2)22/h3-11H,1-2H3. The van der Waals surface area contributed by atoms with Crippen molar-refractivity contribution < 1.29 is 14.0 Å². The summed E-state index contributed by atoms with van der Waals surface area (Å²) >= 11 is 0. The first kappa shape index (κ1) is 15.0. The van der Waals surface area contributed by atoms with Crippen molar-refractivity contribution in [3.8, 4) is 22.5 Å². The van der Waals surface area contributed by atoms with Crippen LogP contribution in [0.15, 0.2) is 54.6 Å². The van der Waals surface area contributed by atoms with E-state index < -0.39 is 5.97 Å². The van der Waals surface area contributed by atoms with Gasteiger partial charge in [-0.05, 0) is 36.8 Å². The van der Waals surface area contributed by atoms with Crippen molar-refractivity contribution in [3.63, 3.8) is 0 Å². The smallest absolute Gasteiger partial charge is 0.319 e. The normalized spacial score (nSPS) is 10.6. The van der Waals surface area contributed by atoms with Crippen LogP contribution >= 0.6 is 0 Å². The molecule has 0 saturated carbocycles. The molecule has 3 aromatic rings. The molecule has 0 atom stereocenters. The number of aryl methyl sites for hydroxylation is 1. The highest BCUT2D eigenvalue weighted by Gasteiger charge is 2.14. The lowest BCUT2D eigenvalue weighted by Crippen LogP contribution is -2.18. The lowest BCUT2D eigenvalue weighted by Gasteiger charge is -2.04. The second-order valence-electron chi connectivity index (χ2n) is 5.20. The quantitative estimate of drug-likeness (QED) is 0.742. The van der Waals surface area contributed by atoms with E-state index in [0.29, 0.717) is 17.0 Å². The fourth-order valence-corrected chi connectivity index (χ4v) is 2.30. The highest BCUT2D eigenvalue weighted by Crippen LogP contribution is 2.26. The minimum absolute atomic E-state index is 0.267. The van der Waals surface area contributed by atoms with Gasteiger partial charge in [0.1, 0.15) is 11.5 Å². The molecular formula is C18H15FN2O2. The molecule has 0 amide bonds. The number of benzene rings is 2. The third-order valence-electron chi connectivity index (χ3n) is 3.42. The third kappa shape index (κ3) is 3.13. The van der Waals surface area contributed by atoms with Crippen molar-refractivity contribution in [2.24, 2.45) is 0 Å². The minimum atomic E-state index is -0.466. The largest absolute Gasteiger partial charge is 0.331 e. The highest BCUT2D eigenvalue weighted by atomic mass is 19.1. The number of halogens is 1. The molecule has 23 heavy (non-hydrogen) atoms. The molecule has 0 saturated heterocycles. The van der Waals surface area contributed by atoms with Gasteiger partial charge in [-0.2, -0.15) is 0 Å². The number of nitrogens with zero attached hydrogens (tertiary/aromatic N) is 2. The summed E-state index contributed by atoms with van der Waals surface area (Å²) in [5.74, 6) is -0.733. The predicted molar refractivity (Wildman–Crippen MR) is 85.1 cm³/mol. The van der Waals surface area contributed by atoms with Crippen molar-refractivity contribution >= 4 is 5.97 Å². The molecule has 4 nitrogen and oxygen atoms in total. The molecule has 0 unspecified atom stereocenters. The van der Waals surface area contributed by atoms with Crippen molar-refractivity contribution in [2.75, 3.05) is 0 Å². The summed E-state index contributed by atoms with van der Waals surface area (Å²) < 4.78 is 13.4. The molecule has 0 aliphatic rings. The first-order valence-electron chi connectivity index (χ1n) is 7.15. The summed E-state index contributed by atoms with van der Waals surface area (Å²) in [5, 5.41) is 4.32. The van der Waals surface area contributed by atoms with Gasteiger partial charge in [-0.3, -0.25) is 0 Å². The SMILES string of the molecule is CC(=O)On1nc(-c2ccc(F)c(C)c2)cc1-c1ccccc1. The Labute approximate surface area is 133 Å². The van der Waals surface area contributed by atoms with Gasteiger partial charge in [-0.1, -0.05) is 35.2 Å². The van der Waals surface area contributed by atoms with Gasteiger partial charge in [0.05, 0.1) is 5.69 Å². The minimum Gasteiger partial charge on any atom is -0.319 e. The Morgan fingerprint density at radius 2 is 1.83 bits per heavy atom. The molecule has 1 aromatic heterocycles. The lowest BCUT2D eigenvalue weighted by atomic mass is 10.1. The van der Waals surface area contributed by atoms with E-state index >= 15 is 0 Å². The zero-order valence-electron chi connectivity index (χ0n) is 12.8. The number of rotatable bonds is 3. The second-order valence-corrected chi connectivity index (χ2v) is 5.20. The number of hydrogen-bond acceptors (Lipinski definition) is 3. The average molecular weight is 310 g/mol. The highest BCUT2D eigenvalue weighted by molar-refractivity contribution is 5.71. The Balaban J connectivity index is 2.10. The van der Waals surface area contributed by atoms with Gasteiger partial charge in [0.25, 0.3) is 0 Å². The topological polar surface area (TPSA) is 44.1 Å². The average Bonchev–Trinajstić information content (AvgIpc) is 2.94. The van der Waals surface area contributed by atoms with E-state index in [0.717, 1.165) is 11.1 Å². The lowest BCUT2D eigenvalue weighted by molar-refractivity contribution is -0.142. The molecule has 0 N–H and O–H groups in total. The van der Waals surface area contributed by atoms with Crippen molar-refractivity contribution in [1.82, 2.24) is 9.94 Å². The van der Waals surface area contributed by atoms with Gasteiger partial charge in [-0.15, -0.1) is 5.10 Å². The van der Waals surface area contributed by atoms with E-state index in [9.17, 15) is 9.18 Å². The van der Waals surface area contributed by atoms with Crippen LogP contribution in [-0.4, -0.2) is 15.9 Å². The van der Waals surface area contributed by atoms with Gasteiger partial charge in [0.2, 0.25) is 0 Å².